The van der Waals surface area contributed by atoms with Crippen LogP contribution >= 0.6 is 11.6 Å². The summed E-state index contributed by atoms with van der Waals surface area (Å²) in [6, 6.07) is 7.74. The van der Waals surface area contributed by atoms with E-state index in [4.69, 9.17) is 16.7 Å². The molecule has 0 fully saturated rings. The van der Waals surface area contributed by atoms with Gasteiger partial charge in [0.15, 0.2) is 0 Å². The lowest BCUT2D eigenvalue weighted by Crippen LogP contribution is -2.26. The maximum absolute atomic E-state index is 10.4. The number of aliphatic carboxylic acids is 1. The van der Waals surface area contributed by atoms with Gasteiger partial charge >= 0.3 is 5.97 Å². The van der Waals surface area contributed by atoms with Crippen molar-refractivity contribution in [3.63, 3.8) is 0 Å². The van der Waals surface area contributed by atoms with Crippen molar-refractivity contribution in [1.82, 2.24) is 4.90 Å². The van der Waals surface area contributed by atoms with Gasteiger partial charge in [0.2, 0.25) is 0 Å². The maximum atomic E-state index is 10.4. The number of carboxylic acids is 1. The van der Waals surface area contributed by atoms with Crippen LogP contribution in [0.5, 0.6) is 0 Å². The van der Waals surface area contributed by atoms with Crippen molar-refractivity contribution in [3.05, 3.63) is 34.9 Å². The first kappa shape index (κ1) is 13.0. The maximum Gasteiger partial charge on any atom is 0.317 e. The van der Waals surface area contributed by atoms with Gasteiger partial charge in [-0.05, 0) is 44.1 Å². The fourth-order valence-corrected chi connectivity index (χ4v) is 1.64. The minimum Gasteiger partial charge on any atom is -0.480 e. The number of benzene rings is 1. The Morgan fingerprint density at radius 1 is 1.38 bits per heavy atom. The highest BCUT2D eigenvalue weighted by atomic mass is 35.5. The van der Waals surface area contributed by atoms with E-state index in [2.05, 4.69) is 0 Å². The molecule has 1 N–H and O–H groups in total. The van der Waals surface area contributed by atoms with Gasteiger partial charge < -0.3 is 5.11 Å². The van der Waals surface area contributed by atoms with Crippen LogP contribution < -0.4 is 0 Å². The van der Waals surface area contributed by atoms with Gasteiger partial charge in [-0.25, -0.2) is 0 Å². The molecule has 0 saturated carbocycles. The molecule has 1 aromatic carbocycles. The van der Waals surface area contributed by atoms with Gasteiger partial charge in [-0.15, -0.1) is 0 Å². The van der Waals surface area contributed by atoms with Crippen LogP contribution in [0.1, 0.15) is 12.0 Å². The number of carbonyl (C=O) groups is 1. The molecule has 4 heteroatoms. The van der Waals surface area contributed by atoms with Gasteiger partial charge in [-0.2, -0.15) is 0 Å². The summed E-state index contributed by atoms with van der Waals surface area (Å²) in [7, 11) is 1.82. The van der Waals surface area contributed by atoms with E-state index in [9.17, 15) is 4.79 Å². The molecule has 0 spiro atoms. The third-order valence-corrected chi connectivity index (χ3v) is 2.58. The Balaban J connectivity index is 2.25. The lowest BCUT2D eigenvalue weighted by molar-refractivity contribution is -0.137. The Morgan fingerprint density at radius 3 is 2.56 bits per heavy atom. The molecule has 1 rings (SSSR count). The minimum absolute atomic E-state index is 0.0978. The first-order valence-corrected chi connectivity index (χ1v) is 5.60. The lowest BCUT2D eigenvalue weighted by Gasteiger charge is -2.13. The highest BCUT2D eigenvalue weighted by Gasteiger charge is 2.03. The van der Waals surface area contributed by atoms with Crippen molar-refractivity contribution < 1.29 is 9.90 Å². The van der Waals surface area contributed by atoms with Gasteiger partial charge in [-0.3, -0.25) is 9.69 Å². The highest BCUT2D eigenvalue weighted by molar-refractivity contribution is 6.30. The van der Waals surface area contributed by atoms with Gasteiger partial charge in [0.1, 0.15) is 0 Å². The number of carboxylic acid groups (broad SMARTS) is 1. The van der Waals surface area contributed by atoms with Gasteiger partial charge in [0.25, 0.3) is 0 Å². The van der Waals surface area contributed by atoms with Crippen molar-refractivity contribution in [2.75, 3.05) is 20.1 Å². The predicted molar refractivity (Wildman–Crippen MR) is 64.9 cm³/mol. The molecule has 88 valence electrons. The quantitative estimate of drug-likeness (QED) is 0.831. The summed E-state index contributed by atoms with van der Waals surface area (Å²) >= 11 is 5.78. The topological polar surface area (TPSA) is 40.5 Å². The number of halogens is 1. The summed E-state index contributed by atoms with van der Waals surface area (Å²) < 4.78 is 0. The van der Waals surface area contributed by atoms with Gasteiger partial charge in [-0.1, -0.05) is 23.7 Å². The Kier molecular flexibility index (Phi) is 5.29. The molecule has 0 heterocycles. The second kappa shape index (κ2) is 6.51. The summed E-state index contributed by atoms with van der Waals surface area (Å²) in [4.78, 5) is 12.2. The summed E-state index contributed by atoms with van der Waals surface area (Å²) in [6.07, 6.45) is 1.90. The number of likely N-dealkylation sites (N-methyl/N-ethyl adjacent to an activating group) is 1. The van der Waals surface area contributed by atoms with Crippen LogP contribution in [0.2, 0.25) is 5.02 Å². The van der Waals surface area contributed by atoms with Crippen LogP contribution in [-0.2, 0) is 11.2 Å². The molecule has 16 heavy (non-hydrogen) atoms. The molecule has 0 saturated heterocycles. The van der Waals surface area contributed by atoms with Crippen LogP contribution in [0, 0.1) is 0 Å². The third kappa shape index (κ3) is 5.14. The monoisotopic (exact) mass is 241 g/mol. The molecule has 3 nitrogen and oxygen atoms in total. The highest BCUT2D eigenvalue weighted by Crippen LogP contribution is 2.10. The molecule has 0 aliphatic heterocycles. The Labute approximate surface area is 101 Å². The first-order valence-electron chi connectivity index (χ1n) is 5.22. The number of aryl methyl sites for hydroxylation is 1. The number of rotatable bonds is 6. The first-order chi connectivity index (χ1) is 7.58. The molecule has 0 aliphatic rings. The molecular formula is C12H16ClNO2. The molecule has 0 unspecified atom stereocenters. The van der Waals surface area contributed by atoms with E-state index in [-0.39, 0.29) is 6.54 Å². The van der Waals surface area contributed by atoms with E-state index in [1.165, 1.54) is 5.56 Å². The van der Waals surface area contributed by atoms with E-state index in [0.717, 1.165) is 24.4 Å². The Bertz CT molecular complexity index is 337. The molecule has 0 bridgehead atoms. The third-order valence-electron chi connectivity index (χ3n) is 2.32. The van der Waals surface area contributed by atoms with E-state index in [1.54, 1.807) is 4.90 Å². The number of hydrogen-bond donors (Lipinski definition) is 1. The van der Waals surface area contributed by atoms with Crippen LogP contribution in [0.3, 0.4) is 0 Å². The number of nitrogens with zero attached hydrogens (tertiary/aromatic N) is 1. The van der Waals surface area contributed by atoms with E-state index in [1.807, 2.05) is 31.3 Å². The minimum atomic E-state index is -0.783. The molecule has 0 aliphatic carbocycles. The van der Waals surface area contributed by atoms with Crippen molar-refractivity contribution in [1.29, 1.82) is 0 Å². The fraction of sp³-hybridized carbons (Fsp3) is 0.417. The molecule has 1 aromatic rings. The van der Waals surface area contributed by atoms with Gasteiger partial charge in [0, 0.05) is 5.02 Å². The van der Waals surface area contributed by atoms with Crippen molar-refractivity contribution >= 4 is 17.6 Å². The molecule has 0 aromatic heterocycles. The van der Waals surface area contributed by atoms with E-state index >= 15 is 0 Å². The second-order valence-electron chi connectivity index (χ2n) is 3.86. The fourth-order valence-electron chi connectivity index (χ4n) is 1.51. The largest absolute Gasteiger partial charge is 0.480 e. The SMILES string of the molecule is CN(CCCc1ccc(Cl)cc1)CC(=O)O. The zero-order valence-electron chi connectivity index (χ0n) is 9.32. The standard InChI is InChI=1S/C12H16ClNO2/c1-14(9-12(15)16)8-2-3-10-4-6-11(13)7-5-10/h4-7H,2-3,8-9H2,1H3,(H,15,16). The second-order valence-corrected chi connectivity index (χ2v) is 4.30. The predicted octanol–water partition coefficient (Wildman–Crippen LogP) is 2.29. The normalized spacial score (nSPS) is 10.7. The van der Waals surface area contributed by atoms with Gasteiger partial charge in [0.05, 0.1) is 6.54 Å². The van der Waals surface area contributed by atoms with Crippen LogP contribution in [0.4, 0.5) is 0 Å². The van der Waals surface area contributed by atoms with E-state index in [0.29, 0.717) is 0 Å². The zero-order valence-corrected chi connectivity index (χ0v) is 10.1. The van der Waals surface area contributed by atoms with Crippen LogP contribution in [0.15, 0.2) is 24.3 Å². The van der Waals surface area contributed by atoms with Crippen molar-refractivity contribution in [2.45, 2.75) is 12.8 Å². The Morgan fingerprint density at radius 2 is 2.00 bits per heavy atom. The summed E-state index contributed by atoms with van der Waals surface area (Å²) in [5.41, 5.74) is 1.23. The average molecular weight is 242 g/mol. The zero-order chi connectivity index (χ0) is 12.0. The number of hydrogen-bond acceptors (Lipinski definition) is 2. The molecular weight excluding hydrogens is 226 g/mol. The molecule has 0 amide bonds. The molecule has 0 radical (unpaired) electrons. The lowest BCUT2D eigenvalue weighted by atomic mass is 10.1. The summed E-state index contributed by atoms with van der Waals surface area (Å²) in [5, 5.41) is 9.32. The molecule has 0 atom stereocenters. The average Bonchev–Trinajstić information content (AvgIpc) is 2.20. The summed E-state index contributed by atoms with van der Waals surface area (Å²) in [5.74, 6) is -0.783. The summed E-state index contributed by atoms with van der Waals surface area (Å²) in [6.45, 7) is 0.884. The Hall–Kier alpha value is -1.06. The van der Waals surface area contributed by atoms with Crippen molar-refractivity contribution in [2.24, 2.45) is 0 Å². The van der Waals surface area contributed by atoms with Crippen molar-refractivity contribution in [3.8, 4) is 0 Å². The smallest absolute Gasteiger partial charge is 0.317 e. The van der Waals surface area contributed by atoms with E-state index < -0.39 is 5.97 Å². The van der Waals surface area contributed by atoms with Crippen LogP contribution in [-0.4, -0.2) is 36.1 Å². The van der Waals surface area contributed by atoms with Crippen LogP contribution in [0.25, 0.3) is 0 Å².